The Morgan fingerprint density at radius 2 is 2.00 bits per heavy atom. The molecule has 0 spiro atoms. The highest BCUT2D eigenvalue weighted by atomic mass is 35.5. The van der Waals surface area contributed by atoms with Crippen molar-refractivity contribution in [3.8, 4) is 0 Å². The van der Waals surface area contributed by atoms with Crippen LogP contribution in [0.2, 0.25) is 0 Å². The van der Waals surface area contributed by atoms with Crippen molar-refractivity contribution in [2.75, 3.05) is 29.5 Å². The van der Waals surface area contributed by atoms with E-state index in [0.29, 0.717) is 5.88 Å². The minimum absolute atomic E-state index is 0.414. The Morgan fingerprint density at radius 3 is 2.74 bits per heavy atom. The van der Waals surface area contributed by atoms with Gasteiger partial charge in [0.05, 0.1) is 17.1 Å². The molecule has 0 amide bonds. The maximum atomic E-state index is 11.5. The summed E-state index contributed by atoms with van der Waals surface area (Å²) in [6.07, 6.45) is 0. The molecule has 3 rings (SSSR count). The summed E-state index contributed by atoms with van der Waals surface area (Å²) >= 11 is 5.93. The molecule has 1 fully saturated rings. The molecule has 3 nitrogen and oxygen atoms in total. The van der Waals surface area contributed by atoms with E-state index in [-0.39, 0.29) is 0 Å². The highest BCUT2D eigenvalue weighted by Crippen LogP contribution is 2.28. The van der Waals surface area contributed by atoms with Crippen molar-refractivity contribution in [2.24, 2.45) is 0 Å². The molecule has 100 valence electrons. The molecule has 2 heterocycles. The van der Waals surface area contributed by atoms with Gasteiger partial charge in [0, 0.05) is 46.5 Å². The van der Waals surface area contributed by atoms with Crippen molar-refractivity contribution in [1.82, 2.24) is 4.98 Å². The first-order valence-electron chi connectivity index (χ1n) is 6.32. The summed E-state index contributed by atoms with van der Waals surface area (Å²) in [6.45, 7) is 1.67. The second-order valence-electron chi connectivity index (χ2n) is 4.62. The van der Waals surface area contributed by atoms with Crippen LogP contribution in [0.3, 0.4) is 0 Å². The zero-order valence-corrected chi connectivity index (χ0v) is 12.1. The number of nitrogens with zero attached hydrogens (tertiary/aromatic N) is 2. The van der Waals surface area contributed by atoms with Crippen LogP contribution in [0.5, 0.6) is 0 Å². The first-order chi connectivity index (χ1) is 9.28. The van der Waals surface area contributed by atoms with E-state index in [9.17, 15) is 4.21 Å². The number of fused-ring (bicyclic) bond motifs is 1. The zero-order valence-electron chi connectivity index (χ0n) is 10.5. The lowest BCUT2D eigenvalue weighted by atomic mass is 10.1. The first kappa shape index (κ1) is 12.9. The van der Waals surface area contributed by atoms with E-state index < -0.39 is 10.8 Å². The number of para-hydroxylation sites is 1. The molecule has 1 aromatic carbocycles. The maximum Gasteiger partial charge on any atom is 0.0726 e. The number of hydrogen-bond acceptors (Lipinski definition) is 3. The van der Waals surface area contributed by atoms with Crippen LogP contribution in [0, 0.1) is 0 Å². The van der Waals surface area contributed by atoms with Crippen LogP contribution in [0.25, 0.3) is 10.9 Å². The van der Waals surface area contributed by atoms with Gasteiger partial charge in [-0.2, -0.15) is 0 Å². The lowest BCUT2D eigenvalue weighted by Gasteiger charge is -2.29. The van der Waals surface area contributed by atoms with E-state index >= 15 is 0 Å². The minimum atomic E-state index is -0.659. The third-order valence-corrected chi connectivity index (χ3v) is 4.95. The lowest BCUT2D eigenvalue weighted by molar-refractivity contribution is 0.673. The van der Waals surface area contributed by atoms with E-state index in [2.05, 4.69) is 22.0 Å². The predicted molar refractivity (Wildman–Crippen MR) is 81.4 cm³/mol. The first-order valence-corrected chi connectivity index (χ1v) is 8.35. The highest BCUT2D eigenvalue weighted by molar-refractivity contribution is 7.85. The average molecular weight is 295 g/mol. The number of alkyl halides is 1. The number of rotatable bonds is 2. The van der Waals surface area contributed by atoms with Gasteiger partial charge in [-0.1, -0.05) is 18.2 Å². The van der Waals surface area contributed by atoms with E-state index in [0.717, 1.165) is 46.9 Å². The van der Waals surface area contributed by atoms with Crippen LogP contribution in [0.4, 0.5) is 5.69 Å². The molecule has 5 heteroatoms. The second kappa shape index (κ2) is 5.47. The molecule has 0 N–H and O–H groups in total. The quantitative estimate of drug-likeness (QED) is 0.798. The molecular weight excluding hydrogens is 280 g/mol. The Balaban J connectivity index is 2.08. The summed E-state index contributed by atoms with van der Waals surface area (Å²) < 4.78 is 11.5. The van der Waals surface area contributed by atoms with Gasteiger partial charge in [-0.25, -0.2) is 0 Å². The second-order valence-corrected chi connectivity index (χ2v) is 6.58. The number of hydrogen-bond donors (Lipinski definition) is 0. The maximum absolute atomic E-state index is 11.5. The standard InChI is InChI=1S/C14H15ClN2OS/c15-10-11-9-14(17-5-7-19(18)8-6-17)12-3-1-2-4-13(12)16-11/h1-4,9H,5-8,10H2. The number of aromatic nitrogens is 1. The van der Waals surface area contributed by atoms with Crippen molar-refractivity contribution in [3.05, 3.63) is 36.0 Å². The molecule has 0 unspecified atom stereocenters. The van der Waals surface area contributed by atoms with Gasteiger partial charge >= 0.3 is 0 Å². The summed E-state index contributed by atoms with van der Waals surface area (Å²) in [5, 5.41) is 1.14. The lowest BCUT2D eigenvalue weighted by Crippen LogP contribution is -2.37. The van der Waals surface area contributed by atoms with Crippen LogP contribution < -0.4 is 4.90 Å². The largest absolute Gasteiger partial charge is 0.369 e. The number of anilines is 1. The zero-order chi connectivity index (χ0) is 13.2. The number of pyridine rings is 1. The van der Waals surface area contributed by atoms with Gasteiger partial charge in [0.25, 0.3) is 0 Å². The molecule has 0 radical (unpaired) electrons. The summed E-state index contributed by atoms with van der Waals surface area (Å²) in [4.78, 5) is 6.84. The fourth-order valence-electron chi connectivity index (χ4n) is 2.42. The van der Waals surface area contributed by atoms with Crippen LogP contribution >= 0.6 is 11.6 Å². The molecule has 0 saturated carbocycles. The minimum Gasteiger partial charge on any atom is -0.369 e. The summed E-state index contributed by atoms with van der Waals surface area (Å²) in [7, 11) is -0.659. The van der Waals surface area contributed by atoms with Gasteiger partial charge in [-0.15, -0.1) is 11.6 Å². The molecule has 0 bridgehead atoms. The van der Waals surface area contributed by atoms with Gasteiger partial charge in [-0.3, -0.25) is 9.19 Å². The van der Waals surface area contributed by atoms with Crippen molar-refractivity contribution in [3.63, 3.8) is 0 Å². The van der Waals surface area contributed by atoms with E-state index in [1.54, 1.807) is 0 Å². The van der Waals surface area contributed by atoms with Crippen molar-refractivity contribution >= 4 is 39.0 Å². The van der Waals surface area contributed by atoms with Crippen LogP contribution in [-0.4, -0.2) is 33.8 Å². The predicted octanol–water partition coefficient (Wildman–Crippen LogP) is 2.54. The van der Waals surface area contributed by atoms with Crippen LogP contribution in [-0.2, 0) is 16.7 Å². The Morgan fingerprint density at radius 1 is 1.26 bits per heavy atom. The van der Waals surface area contributed by atoms with Crippen LogP contribution in [0.1, 0.15) is 5.69 Å². The highest BCUT2D eigenvalue weighted by Gasteiger charge is 2.18. The molecule has 19 heavy (non-hydrogen) atoms. The van der Waals surface area contributed by atoms with Gasteiger partial charge in [0.1, 0.15) is 0 Å². The van der Waals surface area contributed by atoms with Gasteiger partial charge in [0.2, 0.25) is 0 Å². The van der Waals surface area contributed by atoms with E-state index in [4.69, 9.17) is 11.6 Å². The topological polar surface area (TPSA) is 33.2 Å². The molecule has 1 saturated heterocycles. The Hall–Kier alpha value is -1.13. The van der Waals surface area contributed by atoms with E-state index in [1.807, 2.05) is 18.2 Å². The summed E-state index contributed by atoms with van der Waals surface area (Å²) in [5.41, 5.74) is 3.03. The summed E-state index contributed by atoms with van der Waals surface area (Å²) in [5.74, 6) is 1.90. The molecule has 0 atom stereocenters. The molecule has 1 aliphatic heterocycles. The van der Waals surface area contributed by atoms with Gasteiger partial charge < -0.3 is 4.90 Å². The molecule has 1 aromatic heterocycles. The van der Waals surface area contributed by atoms with Crippen molar-refractivity contribution < 1.29 is 4.21 Å². The normalized spacial score (nSPS) is 17.0. The number of halogens is 1. The van der Waals surface area contributed by atoms with Crippen LogP contribution in [0.15, 0.2) is 30.3 Å². The third-order valence-electron chi connectivity index (χ3n) is 3.40. The Labute approximate surface area is 120 Å². The molecule has 2 aromatic rings. The van der Waals surface area contributed by atoms with Gasteiger partial charge in [0.15, 0.2) is 0 Å². The number of benzene rings is 1. The SMILES string of the molecule is O=S1CCN(c2cc(CCl)nc3ccccc23)CC1. The molecular formula is C14H15ClN2OS. The summed E-state index contributed by atoms with van der Waals surface area (Å²) in [6, 6.07) is 10.2. The average Bonchev–Trinajstić information content (AvgIpc) is 2.47. The van der Waals surface area contributed by atoms with Crippen molar-refractivity contribution in [2.45, 2.75) is 5.88 Å². The fraction of sp³-hybridized carbons (Fsp3) is 0.357. The van der Waals surface area contributed by atoms with Crippen molar-refractivity contribution in [1.29, 1.82) is 0 Å². The molecule has 0 aliphatic carbocycles. The fourth-order valence-corrected chi connectivity index (χ4v) is 3.61. The smallest absolute Gasteiger partial charge is 0.0726 e. The Kier molecular flexibility index (Phi) is 3.71. The third kappa shape index (κ3) is 2.60. The van der Waals surface area contributed by atoms with E-state index in [1.165, 1.54) is 0 Å². The Bertz CT molecular complexity index is 622. The van der Waals surface area contributed by atoms with Gasteiger partial charge in [-0.05, 0) is 12.1 Å². The monoisotopic (exact) mass is 294 g/mol. The molecule has 1 aliphatic rings.